The summed E-state index contributed by atoms with van der Waals surface area (Å²) in [5.41, 5.74) is 2.48. The molecule has 1 aliphatic heterocycles. The van der Waals surface area contributed by atoms with Gasteiger partial charge in [0.1, 0.15) is 6.33 Å². The van der Waals surface area contributed by atoms with Crippen molar-refractivity contribution in [3.63, 3.8) is 0 Å². The van der Waals surface area contributed by atoms with Crippen LogP contribution in [0.15, 0.2) is 53.3 Å². The van der Waals surface area contributed by atoms with Crippen LogP contribution in [0.1, 0.15) is 35.9 Å². The van der Waals surface area contributed by atoms with Gasteiger partial charge in [0.2, 0.25) is 5.91 Å². The van der Waals surface area contributed by atoms with Gasteiger partial charge >= 0.3 is 0 Å². The van der Waals surface area contributed by atoms with Crippen molar-refractivity contribution in [3.05, 3.63) is 64.1 Å². The van der Waals surface area contributed by atoms with Gasteiger partial charge in [0.15, 0.2) is 5.16 Å². The van der Waals surface area contributed by atoms with Crippen molar-refractivity contribution >= 4 is 29.0 Å². The first-order valence-electron chi connectivity index (χ1n) is 9.08. The molecule has 2 aromatic heterocycles. The summed E-state index contributed by atoms with van der Waals surface area (Å²) in [4.78, 5) is 16.3. The van der Waals surface area contributed by atoms with Gasteiger partial charge in [-0.15, -0.1) is 21.5 Å². The molecule has 3 aromatic rings. The van der Waals surface area contributed by atoms with Crippen LogP contribution in [-0.2, 0) is 17.8 Å². The van der Waals surface area contributed by atoms with Crippen LogP contribution in [0.2, 0.25) is 0 Å². The average Bonchev–Trinajstić information content (AvgIpc) is 3.36. The number of aromatic nitrogens is 3. The summed E-state index contributed by atoms with van der Waals surface area (Å²) in [6, 6.07) is 12.5. The predicted octanol–water partition coefficient (Wildman–Crippen LogP) is 4.01. The lowest BCUT2D eigenvalue weighted by Gasteiger charge is -2.29. The fraction of sp³-hybridized carbons (Fsp3) is 0.350. The first-order chi connectivity index (χ1) is 13.1. The lowest BCUT2D eigenvalue weighted by atomic mass is 10.1. The molecule has 3 heterocycles. The maximum atomic E-state index is 13.0. The van der Waals surface area contributed by atoms with Gasteiger partial charge in [0.05, 0.1) is 11.3 Å². The van der Waals surface area contributed by atoms with E-state index < -0.39 is 0 Å². The molecular weight excluding hydrogens is 376 g/mol. The van der Waals surface area contributed by atoms with Crippen molar-refractivity contribution in [1.82, 2.24) is 19.7 Å². The first-order valence-corrected chi connectivity index (χ1v) is 10.8. The summed E-state index contributed by atoms with van der Waals surface area (Å²) in [5, 5.41) is 11.0. The second-order valence-corrected chi connectivity index (χ2v) is 9.05. The lowest BCUT2D eigenvalue weighted by Crippen LogP contribution is -2.39. The van der Waals surface area contributed by atoms with Crippen LogP contribution in [0.3, 0.4) is 0 Å². The van der Waals surface area contributed by atoms with E-state index in [0.717, 1.165) is 24.7 Å². The van der Waals surface area contributed by atoms with Crippen LogP contribution in [-0.4, -0.2) is 37.4 Å². The highest BCUT2D eigenvalue weighted by Gasteiger charge is 2.27. The summed E-state index contributed by atoms with van der Waals surface area (Å²) in [6.07, 6.45) is 2.70. The zero-order valence-electron chi connectivity index (χ0n) is 15.4. The van der Waals surface area contributed by atoms with E-state index in [0.29, 0.717) is 0 Å². The fourth-order valence-corrected chi connectivity index (χ4v) is 5.25. The SMILES string of the molecule is C[C@H](Sc1nncn1[C@H](C)c1ccccc1)C(=O)N1CCc2sccc2C1. The molecule has 0 N–H and O–H groups in total. The highest BCUT2D eigenvalue weighted by atomic mass is 32.2. The number of thiophene rings is 1. The van der Waals surface area contributed by atoms with E-state index in [1.165, 1.54) is 27.8 Å². The number of amides is 1. The number of benzene rings is 1. The molecule has 1 amide bonds. The fourth-order valence-electron chi connectivity index (χ4n) is 3.38. The summed E-state index contributed by atoms with van der Waals surface area (Å²) in [7, 11) is 0. The minimum atomic E-state index is -0.198. The van der Waals surface area contributed by atoms with E-state index in [9.17, 15) is 4.79 Å². The normalized spacial score (nSPS) is 16.0. The van der Waals surface area contributed by atoms with Crippen molar-refractivity contribution in [3.8, 4) is 0 Å². The van der Waals surface area contributed by atoms with Gasteiger partial charge in [0.25, 0.3) is 0 Å². The Morgan fingerprint density at radius 1 is 1.22 bits per heavy atom. The number of carbonyl (C=O) groups is 1. The topological polar surface area (TPSA) is 51.0 Å². The van der Waals surface area contributed by atoms with E-state index in [2.05, 4.69) is 40.7 Å². The molecule has 0 radical (unpaired) electrons. The van der Waals surface area contributed by atoms with Crippen LogP contribution in [0.4, 0.5) is 0 Å². The van der Waals surface area contributed by atoms with E-state index >= 15 is 0 Å². The quantitative estimate of drug-likeness (QED) is 0.609. The molecule has 0 aliphatic carbocycles. The maximum Gasteiger partial charge on any atom is 0.236 e. The maximum absolute atomic E-state index is 13.0. The number of thioether (sulfide) groups is 1. The average molecular weight is 399 g/mol. The predicted molar refractivity (Wildman–Crippen MR) is 109 cm³/mol. The standard InChI is InChI=1S/C20H22N4OS2/c1-14(16-6-4-3-5-7-16)24-13-21-22-20(24)27-15(2)19(25)23-10-8-18-17(12-23)9-11-26-18/h3-7,9,11,13-15H,8,10,12H2,1-2H3/t14-,15+/m1/s1. The lowest BCUT2D eigenvalue weighted by molar-refractivity contribution is -0.131. The molecule has 1 aliphatic rings. The Hall–Kier alpha value is -2.12. The van der Waals surface area contributed by atoms with Gasteiger partial charge in [0, 0.05) is 18.0 Å². The number of fused-ring (bicyclic) bond motifs is 1. The van der Waals surface area contributed by atoms with Gasteiger partial charge in [-0.05, 0) is 42.8 Å². The number of rotatable bonds is 5. The van der Waals surface area contributed by atoms with Crippen LogP contribution in [0, 0.1) is 0 Å². The molecule has 0 bridgehead atoms. The Balaban J connectivity index is 1.45. The molecule has 0 fully saturated rings. The Morgan fingerprint density at radius 2 is 2.04 bits per heavy atom. The van der Waals surface area contributed by atoms with Crippen molar-refractivity contribution < 1.29 is 4.79 Å². The first kappa shape index (κ1) is 18.3. The van der Waals surface area contributed by atoms with Crippen molar-refractivity contribution in [2.75, 3.05) is 6.54 Å². The zero-order chi connectivity index (χ0) is 18.8. The highest BCUT2D eigenvalue weighted by molar-refractivity contribution is 8.00. The number of hydrogen-bond donors (Lipinski definition) is 0. The van der Waals surface area contributed by atoms with Crippen LogP contribution in [0.25, 0.3) is 0 Å². The summed E-state index contributed by atoms with van der Waals surface area (Å²) in [5.74, 6) is 0.166. The molecule has 5 nitrogen and oxygen atoms in total. The highest BCUT2D eigenvalue weighted by Crippen LogP contribution is 2.30. The third-order valence-corrected chi connectivity index (χ3v) is 7.07. The third kappa shape index (κ3) is 3.80. The molecule has 0 saturated carbocycles. The van der Waals surface area contributed by atoms with Gasteiger partial charge in [-0.1, -0.05) is 42.1 Å². The molecule has 27 heavy (non-hydrogen) atoms. The Labute approximate surface area is 167 Å². The third-order valence-electron chi connectivity index (χ3n) is 4.99. The van der Waals surface area contributed by atoms with E-state index in [4.69, 9.17) is 0 Å². The molecule has 2 atom stereocenters. The molecular formula is C20H22N4OS2. The monoisotopic (exact) mass is 398 g/mol. The minimum absolute atomic E-state index is 0.120. The summed E-state index contributed by atoms with van der Waals surface area (Å²) in [6.45, 7) is 5.60. The van der Waals surface area contributed by atoms with Gasteiger partial charge in [-0.25, -0.2) is 0 Å². The largest absolute Gasteiger partial charge is 0.337 e. The number of nitrogens with zero attached hydrogens (tertiary/aromatic N) is 4. The van der Waals surface area contributed by atoms with E-state index in [1.54, 1.807) is 17.7 Å². The number of hydrogen-bond acceptors (Lipinski definition) is 5. The van der Waals surface area contributed by atoms with Crippen LogP contribution < -0.4 is 0 Å². The molecule has 140 valence electrons. The molecule has 1 aromatic carbocycles. The van der Waals surface area contributed by atoms with Crippen LogP contribution >= 0.6 is 23.1 Å². The second kappa shape index (κ2) is 7.86. The molecule has 0 spiro atoms. The molecule has 0 unspecified atom stereocenters. The van der Waals surface area contributed by atoms with Crippen molar-refractivity contribution in [2.24, 2.45) is 0 Å². The molecule has 4 rings (SSSR count). The van der Waals surface area contributed by atoms with Crippen molar-refractivity contribution in [1.29, 1.82) is 0 Å². The smallest absolute Gasteiger partial charge is 0.236 e. The number of carbonyl (C=O) groups excluding carboxylic acids is 1. The zero-order valence-corrected chi connectivity index (χ0v) is 17.0. The Kier molecular flexibility index (Phi) is 5.31. The van der Waals surface area contributed by atoms with Crippen LogP contribution in [0.5, 0.6) is 0 Å². The van der Waals surface area contributed by atoms with Crippen molar-refractivity contribution in [2.45, 2.75) is 43.3 Å². The molecule has 0 saturated heterocycles. The van der Waals surface area contributed by atoms with E-state index in [-0.39, 0.29) is 17.2 Å². The van der Waals surface area contributed by atoms with E-state index in [1.807, 2.05) is 34.6 Å². The summed E-state index contributed by atoms with van der Waals surface area (Å²) >= 11 is 3.28. The van der Waals surface area contributed by atoms with Gasteiger partial charge < -0.3 is 9.47 Å². The molecule has 7 heteroatoms. The summed E-state index contributed by atoms with van der Waals surface area (Å²) < 4.78 is 2.04. The van der Waals surface area contributed by atoms with Gasteiger partial charge in [-0.2, -0.15) is 0 Å². The Morgan fingerprint density at radius 3 is 2.85 bits per heavy atom. The Bertz CT molecular complexity index is 921. The minimum Gasteiger partial charge on any atom is -0.337 e. The van der Waals surface area contributed by atoms with Gasteiger partial charge in [-0.3, -0.25) is 4.79 Å². The second-order valence-electron chi connectivity index (χ2n) is 6.75.